The lowest BCUT2D eigenvalue weighted by Crippen LogP contribution is -2.23. The van der Waals surface area contributed by atoms with Crippen LogP contribution in [0.2, 0.25) is 5.02 Å². The highest BCUT2D eigenvalue weighted by molar-refractivity contribution is 7.91. The van der Waals surface area contributed by atoms with Gasteiger partial charge >= 0.3 is 0 Å². The number of rotatable bonds is 8. The van der Waals surface area contributed by atoms with Crippen LogP contribution in [0.5, 0.6) is 5.75 Å². The molecule has 1 atom stereocenters. The van der Waals surface area contributed by atoms with Gasteiger partial charge in [0.25, 0.3) is 0 Å². The quantitative estimate of drug-likeness (QED) is 0.473. The van der Waals surface area contributed by atoms with Crippen LogP contribution in [0.25, 0.3) is 0 Å². The second-order valence-corrected chi connectivity index (χ2v) is 9.06. The zero-order valence-corrected chi connectivity index (χ0v) is 17.2. The lowest BCUT2D eigenvalue weighted by atomic mass is 10.1. The summed E-state index contributed by atoms with van der Waals surface area (Å²) in [4.78, 5) is 0.234. The first-order valence-corrected chi connectivity index (χ1v) is 11.0. The van der Waals surface area contributed by atoms with Crippen LogP contribution in [-0.4, -0.2) is 31.7 Å². The number of hydrogen-bond donors (Lipinski definition) is 3. The molecule has 152 valence electrons. The van der Waals surface area contributed by atoms with Gasteiger partial charge in [0, 0.05) is 11.6 Å². The lowest BCUT2D eigenvalue weighted by Gasteiger charge is -2.12. The van der Waals surface area contributed by atoms with E-state index in [0.717, 1.165) is 11.1 Å². The van der Waals surface area contributed by atoms with E-state index in [2.05, 4.69) is 5.32 Å². The normalized spacial score (nSPS) is 12.6. The molecule has 0 heterocycles. The fraction of sp³-hybridized carbons (Fsp3) is 0.182. The molecule has 7 heteroatoms. The zero-order chi connectivity index (χ0) is 20.9. The molecule has 0 unspecified atom stereocenters. The van der Waals surface area contributed by atoms with E-state index in [9.17, 15) is 18.6 Å². The molecule has 0 saturated heterocycles. The first-order valence-electron chi connectivity index (χ1n) is 9.13. The summed E-state index contributed by atoms with van der Waals surface area (Å²) in [5.41, 5.74) is 1.73. The van der Waals surface area contributed by atoms with Crippen molar-refractivity contribution in [2.45, 2.75) is 22.3 Å². The Morgan fingerprint density at radius 3 is 2.34 bits per heavy atom. The van der Waals surface area contributed by atoms with Gasteiger partial charge in [0.15, 0.2) is 0 Å². The van der Waals surface area contributed by atoms with Gasteiger partial charge in [0.1, 0.15) is 5.75 Å². The van der Waals surface area contributed by atoms with E-state index < -0.39 is 15.9 Å². The molecule has 3 aromatic rings. The third-order valence-corrected chi connectivity index (χ3v) is 6.53. The molecule has 0 aliphatic heterocycles. The molecule has 0 saturated carbocycles. The molecular weight excluding hydrogens is 410 g/mol. The molecule has 0 aliphatic carbocycles. The summed E-state index contributed by atoms with van der Waals surface area (Å²) in [7, 11) is -3.67. The van der Waals surface area contributed by atoms with Crippen LogP contribution in [0.3, 0.4) is 0 Å². The Kier molecular flexibility index (Phi) is 6.92. The van der Waals surface area contributed by atoms with Gasteiger partial charge < -0.3 is 15.5 Å². The molecule has 3 aromatic carbocycles. The number of aromatic hydroxyl groups is 1. The van der Waals surface area contributed by atoms with Crippen LogP contribution >= 0.6 is 11.6 Å². The van der Waals surface area contributed by atoms with E-state index in [1.54, 1.807) is 42.5 Å². The standard InChI is InChI=1S/C22H22ClNO4S/c23-18-4-1-3-17(13-18)22(26)15-24-12-11-16-7-9-20(10-8-16)29(27,28)21-6-2-5-19(25)14-21/h1-10,13-14,22,24-26H,11-12,15H2/t22-/m1/s1. The van der Waals surface area contributed by atoms with Gasteiger partial charge in [0.05, 0.1) is 15.9 Å². The summed E-state index contributed by atoms with van der Waals surface area (Å²) in [6, 6.07) is 19.4. The molecule has 0 amide bonds. The first kappa shape index (κ1) is 21.3. The minimum atomic E-state index is -3.67. The van der Waals surface area contributed by atoms with Gasteiger partial charge in [-0.1, -0.05) is 41.9 Å². The Morgan fingerprint density at radius 2 is 1.66 bits per heavy atom. The maximum absolute atomic E-state index is 12.6. The van der Waals surface area contributed by atoms with Crippen molar-refractivity contribution in [2.24, 2.45) is 0 Å². The summed E-state index contributed by atoms with van der Waals surface area (Å²) >= 11 is 5.94. The first-order chi connectivity index (χ1) is 13.9. The van der Waals surface area contributed by atoms with E-state index >= 15 is 0 Å². The Bertz CT molecular complexity index is 1070. The number of aliphatic hydroxyl groups excluding tert-OH is 1. The number of sulfone groups is 1. The van der Waals surface area contributed by atoms with Crippen molar-refractivity contribution in [1.82, 2.24) is 5.32 Å². The summed E-state index contributed by atoms with van der Waals surface area (Å²) < 4.78 is 25.3. The number of halogens is 1. The lowest BCUT2D eigenvalue weighted by molar-refractivity contribution is 0.175. The highest BCUT2D eigenvalue weighted by atomic mass is 35.5. The van der Waals surface area contributed by atoms with Crippen molar-refractivity contribution in [1.29, 1.82) is 0 Å². The van der Waals surface area contributed by atoms with Gasteiger partial charge in [-0.25, -0.2) is 8.42 Å². The summed E-state index contributed by atoms with van der Waals surface area (Å²) in [6.45, 7) is 1.03. The molecule has 0 bridgehead atoms. The molecule has 0 fully saturated rings. The van der Waals surface area contributed by atoms with Crippen LogP contribution in [0.15, 0.2) is 82.6 Å². The van der Waals surface area contributed by atoms with E-state index in [-0.39, 0.29) is 15.5 Å². The van der Waals surface area contributed by atoms with Crippen molar-refractivity contribution in [3.8, 4) is 5.75 Å². The zero-order valence-electron chi connectivity index (χ0n) is 15.6. The third kappa shape index (κ3) is 5.58. The van der Waals surface area contributed by atoms with Crippen LogP contribution in [0.1, 0.15) is 17.2 Å². The minimum absolute atomic E-state index is 0.0573. The molecule has 0 spiro atoms. The molecular formula is C22H22ClNO4S. The van der Waals surface area contributed by atoms with Crippen LogP contribution < -0.4 is 5.32 Å². The molecule has 0 radical (unpaired) electrons. The Labute approximate surface area is 175 Å². The summed E-state index contributed by atoms with van der Waals surface area (Å²) in [5, 5.41) is 23.5. The topological polar surface area (TPSA) is 86.6 Å². The van der Waals surface area contributed by atoms with Gasteiger partial charge in [-0.3, -0.25) is 0 Å². The molecule has 29 heavy (non-hydrogen) atoms. The molecule has 0 aromatic heterocycles. The van der Waals surface area contributed by atoms with Crippen molar-refractivity contribution >= 4 is 21.4 Å². The molecule has 3 N–H and O–H groups in total. The van der Waals surface area contributed by atoms with Crippen LogP contribution in [0.4, 0.5) is 0 Å². The highest BCUT2D eigenvalue weighted by Gasteiger charge is 2.17. The number of nitrogens with one attached hydrogen (secondary N) is 1. The number of benzene rings is 3. The Balaban J connectivity index is 1.54. The monoisotopic (exact) mass is 431 g/mol. The van der Waals surface area contributed by atoms with Gasteiger partial charge in [-0.05, 0) is 66.6 Å². The number of aliphatic hydroxyl groups is 1. The van der Waals surface area contributed by atoms with Crippen molar-refractivity contribution in [3.05, 3.63) is 88.9 Å². The molecule has 3 rings (SSSR count). The number of hydrogen-bond acceptors (Lipinski definition) is 5. The van der Waals surface area contributed by atoms with E-state index in [4.69, 9.17) is 11.6 Å². The summed E-state index contributed by atoms with van der Waals surface area (Å²) in [5.74, 6) is -0.0891. The maximum atomic E-state index is 12.6. The molecule has 0 aliphatic rings. The predicted molar refractivity (Wildman–Crippen MR) is 113 cm³/mol. The van der Waals surface area contributed by atoms with E-state index in [1.807, 2.05) is 6.07 Å². The highest BCUT2D eigenvalue weighted by Crippen LogP contribution is 2.24. The summed E-state index contributed by atoms with van der Waals surface area (Å²) in [6.07, 6.45) is 0.0397. The Morgan fingerprint density at radius 1 is 0.931 bits per heavy atom. The van der Waals surface area contributed by atoms with Crippen molar-refractivity contribution < 1.29 is 18.6 Å². The fourth-order valence-electron chi connectivity index (χ4n) is 2.93. The fourth-order valence-corrected chi connectivity index (χ4v) is 4.42. The average Bonchev–Trinajstić information content (AvgIpc) is 2.71. The molecule has 5 nitrogen and oxygen atoms in total. The predicted octanol–water partition coefficient (Wildman–Crippen LogP) is 3.74. The smallest absolute Gasteiger partial charge is 0.206 e. The maximum Gasteiger partial charge on any atom is 0.206 e. The van der Waals surface area contributed by atoms with Crippen molar-refractivity contribution in [3.63, 3.8) is 0 Å². The average molecular weight is 432 g/mol. The van der Waals surface area contributed by atoms with Crippen LogP contribution in [0, 0.1) is 0 Å². The van der Waals surface area contributed by atoms with Gasteiger partial charge in [-0.2, -0.15) is 0 Å². The minimum Gasteiger partial charge on any atom is -0.508 e. The largest absolute Gasteiger partial charge is 0.508 e. The number of phenols is 1. The van der Waals surface area contributed by atoms with E-state index in [1.165, 1.54) is 24.3 Å². The van der Waals surface area contributed by atoms with E-state index in [0.29, 0.717) is 24.5 Å². The SMILES string of the molecule is O=S(=O)(c1ccc(CCNC[C@@H](O)c2cccc(Cl)c2)cc1)c1cccc(O)c1. The number of phenolic OH excluding ortho intramolecular Hbond substituents is 1. The second-order valence-electron chi connectivity index (χ2n) is 6.67. The van der Waals surface area contributed by atoms with Crippen molar-refractivity contribution in [2.75, 3.05) is 13.1 Å². The Hall–Kier alpha value is -2.38. The van der Waals surface area contributed by atoms with Crippen LogP contribution in [-0.2, 0) is 16.3 Å². The second kappa shape index (κ2) is 9.41. The third-order valence-electron chi connectivity index (χ3n) is 4.52. The van der Waals surface area contributed by atoms with Gasteiger partial charge in [0.2, 0.25) is 9.84 Å². The van der Waals surface area contributed by atoms with Gasteiger partial charge in [-0.15, -0.1) is 0 Å².